The highest BCUT2D eigenvalue weighted by atomic mass is 16.5. The Kier molecular flexibility index (Phi) is 5.42. The molecule has 1 amide bonds. The van der Waals surface area contributed by atoms with Crippen molar-refractivity contribution in [2.24, 2.45) is 11.3 Å². The predicted molar refractivity (Wildman–Crippen MR) is 95.8 cm³/mol. The smallest absolute Gasteiger partial charge is 0.308 e. The monoisotopic (exact) mass is 344 g/mol. The van der Waals surface area contributed by atoms with E-state index in [0.29, 0.717) is 0 Å². The summed E-state index contributed by atoms with van der Waals surface area (Å²) >= 11 is 0. The third-order valence-corrected chi connectivity index (χ3v) is 5.36. The molecule has 0 aromatic heterocycles. The van der Waals surface area contributed by atoms with Gasteiger partial charge in [0, 0.05) is 5.92 Å². The second-order valence-electron chi connectivity index (χ2n) is 7.58. The van der Waals surface area contributed by atoms with Crippen LogP contribution < -0.4 is 10.6 Å². The molecular formula is C20H28N2O3. The van der Waals surface area contributed by atoms with E-state index in [1.165, 1.54) is 0 Å². The molecule has 5 nitrogen and oxygen atoms in total. The lowest BCUT2D eigenvalue weighted by molar-refractivity contribution is -0.148. The number of hydrogen-bond donors (Lipinski definition) is 2. The van der Waals surface area contributed by atoms with Crippen molar-refractivity contribution in [3.05, 3.63) is 35.9 Å². The maximum atomic E-state index is 12.8. The molecule has 2 atom stereocenters. The molecule has 1 saturated heterocycles. The van der Waals surface area contributed by atoms with Crippen molar-refractivity contribution in [3.8, 4) is 0 Å². The van der Waals surface area contributed by atoms with Crippen LogP contribution in [-0.4, -0.2) is 31.1 Å². The highest BCUT2D eigenvalue weighted by Crippen LogP contribution is 2.58. The lowest BCUT2D eigenvalue weighted by Crippen LogP contribution is -2.36. The molecule has 1 aromatic carbocycles. The number of esters is 1. The van der Waals surface area contributed by atoms with Crippen LogP contribution >= 0.6 is 0 Å². The average molecular weight is 344 g/mol. The van der Waals surface area contributed by atoms with Gasteiger partial charge in [0.1, 0.15) is 0 Å². The van der Waals surface area contributed by atoms with E-state index in [2.05, 4.69) is 10.6 Å². The van der Waals surface area contributed by atoms with Crippen LogP contribution in [0, 0.1) is 11.3 Å². The zero-order chi connectivity index (χ0) is 17.9. The number of hydrogen-bond acceptors (Lipinski definition) is 4. The van der Waals surface area contributed by atoms with E-state index in [4.69, 9.17) is 4.74 Å². The molecule has 3 rings (SSSR count). The number of nitrogens with one attached hydrogen (secondary N) is 2. The molecule has 1 aliphatic carbocycles. The van der Waals surface area contributed by atoms with Crippen LogP contribution in [0.4, 0.5) is 0 Å². The van der Waals surface area contributed by atoms with Gasteiger partial charge in [-0.25, -0.2) is 0 Å². The Morgan fingerprint density at radius 1 is 1.24 bits per heavy atom. The van der Waals surface area contributed by atoms with Crippen LogP contribution in [0.3, 0.4) is 0 Å². The highest BCUT2D eigenvalue weighted by Gasteiger charge is 2.57. The molecule has 136 valence electrons. The zero-order valence-electron chi connectivity index (χ0n) is 15.1. The van der Waals surface area contributed by atoms with Crippen molar-refractivity contribution < 1.29 is 14.3 Å². The largest absolute Gasteiger partial charge is 0.463 e. The number of carbonyl (C=O) groups is 2. The van der Waals surface area contributed by atoms with Gasteiger partial charge in [-0.15, -0.1) is 0 Å². The summed E-state index contributed by atoms with van der Waals surface area (Å²) in [6.45, 7) is 5.65. The molecule has 2 fully saturated rings. The minimum atomic E-state index is -0.334. The number of rotatable bonds is 6. The van der Waals surface area contributed by atoms with Crippen LogP contribution in [0.25, 0.3) is 0 Å². The topological polar surface area (TPSA) is 67.4 Å². The Morgan fingerprint density at radius 3 is 2.56 bits per heavy atom. The molecule has 2 N–H and O–H groups in total. The van der Waals surface area contributed by atoms with Crippen molar-refractivity contribution in [2.75, 3.05) is 13.1 Å². The molecule has 1 saturated carbocycles. The maximum Gasteiger partial charge on any atom is 0.308 e. The second-order valence-corrected chi connectivity index (χ2v) is 7.58. The average Bonchev–Trinajstić information content (AvgIpc) is 3.28. The lowest BCUT2D eigenvalue weighted by Gasteiger charge is -2.24. The Hall–Kier alpha value is -1.88. The van der Waals surface area contributed by atoms with Gasteiger partial charge in [-0.05, 0) is 57.2 Å². The Balaban J connectivity index is 1.65. The summed E-state index contributed by atoms with van der Waals surface area (Å²) in [5, 5.41) is 6.47. The summed E-state index contributed by atoms with van der Waals surface area (Å²) in [7, 11) is 0. The molecule has 1 heterocycles. The number of amides is 1. The van der Waals surface area contributed by atoms with E-state index in [1.54, 1.807) is 0 Å². The first-order valence-electron chi connectivity index (χ1n) is 9.26. The SMILES string of the molecule is CC(C)OC(=O)C[C@@H](NC(=O)[C@H]1CC12CCNCC2)c1ccccc1. The fourth-order valence-corrected chi connectivity index (χ4v) is 3.88. The summed E-state index contributed by atoms with van der Waals surface area (Å²) in [5.41, 5.74) is 1.13. The van der Waals surface area contributed by atoms with E-state index in [9.17, 15) is 9.59 Å². The summed E-state index contributed by atoms with van der Waals surface area (Å²) in [5.74, 6) is -0.119. The minimum Gasteiger partial charge on any atom is -0.463 e. The van der Waals surface area contributed by atoms with Gasteiger partial charge in [-0.2, -0.15) is 0 Å². The number of piperidine rings is 1. The molecule has 2 aliphatic rings. The fraction of sp³-hybridized carbons (Fsp3) is 0.600. The first kappa shape index (κ1) is 17.9. The molecular weight excluding hydrogens is 316 g/mol. The maximum absolute atomic E-state index is 12.8. The molecule has 1 aliphatic heterocycles. The van der Waals surface area contributed by atoms with Gasteiger partial charge in [0.25, 0.3) is 0 Å². The van der Waals surface area contributed by atoms with E-state index in [0.717, 1.165) is 37.9 Å². The Bertz CT molecular complexity index is 609. The summed E-state index contributed by atoms with van der Waals surface area (Å²) in [6, 6.07) is 9.34. The van der Waals surface area contributed by atoms with Crippen molar-refractivity contribution in [3.63, 3.8) is 0 Å². The van der Waals surface area contributed by atoms with E-state index >= 15 is 0 Å². The van der Waals surface area contributed by atoms with Gasteiger partial charge >= 0.3 is 5.97 Å². The van der Waals surface area contributed by atoms with Crippen molar-refractivity contribution in [1.29, 1.82) is 0 Å². The molecule has 0 unspecified atom stereocenters. The Morgan fingerprint density at radius 2 is 1.92 bits per heavy atom. The standard InChI is InChI=1S/C20H28N2O3/c1-14(2)25-18(23)12-17(15-6-4-3-5-7-15)22-19(24)16-13-20(16)8-10-21-11-9-20/h3-7,14,16-17,21H,8-13H2,1-2H3,(H,22,24)/t16-,17-/m1/s1. The van der Waals surface area contributed by atoms with Crippen molar-refractivity contribution in [1.82, 2.24) is 10.6 Å². The van der Waals surface area contributed by atoms with Crippen molar-refractivity contribution >= 4 is 11.9 Å². The van der Waals surface area contributed by atoms with Gasteiger partial charge < -0.3 is 15.4 Å². The van der Waals surface area contributed by atoms with E-state index in [-0.39, 0.29) is 41.8 Å². The third kappa shape index (κ3) is 4.40. The van der Waals surface area contributed by atoms with Crippen LogP contribution in [0.5, 0.6) is 0 Å². The summed E-state index contributed by atoms with van der Waals surface area (Å²) in [4.78, 5) is 24.9. The fourth-order valence-electron chi connectivity index (χ4n) is 3.88. The molecule has 5 heteroatoms. The summed E-state index contributed by atoms with van der Waals surface area (Å²) in [6.07, 6.45) is 3.11. The van der Waals surface area contributed by atoms with Crippen molar-refractivity contribution in [2.45, 2.75) is 51.7 Å². The van der Waals surface area contributed by atoms with Crippen LogP contribution in [-0.2, 0) is 14.3 Å². The Labute approximate surface area is 149 Å². The quantitative estimate of drug-likeness (QED) is 0.779. The summed E-state index contributed by atoms with van der Waals surface area (Å²) < 4.78 is 5.27. The second kappa shape index (κ2) is 7.56. The van der Waals surface area contributed by atoms with Crippen LogP contribution in [0.2, 0.25) is 0 Å². The van der Waals surface area contributed by atoms with Crippen LogP contribution in [0.1, 0.15) is 51.1 Å². The van der Waals surface area contributed by atoms with E-state index in [1.807, 2.05) is 44.2 Å². The van der Waals surface area contributed by atoms with Gasteiger partial charge in [0.05, 0.1) is 18.6 Å². The molecule has 1 spiro atoms. The van der Waals surface area contributed by atoms with Gasteiger partial charge in [-0.3, -0.25) is 9.59 Å². The predicted octanol–water partition coefficient (Wildman–Crippen LogP) is 2.58. The van der Waals surface area contributed by atoms with Gasteiger partial charge in [0.15, 0.2) is 0 Å². The van der Waals surface area contributed by atoms with Crippen LogP contribution in [0.15, 0.2) is 30.3 Å². The normalized spacial score (nSPS) is 22.4. The highest BCUT2D eigenvalue weighted by molar-refractivity contribution is 5.83. The molecule has 0 bridgehead atoms. The number of ether oxygens (including phenoxy) is 1. The minimum absolute atomic E-state index is 0.0769. The molecule has 25 heavy (non-hydrogen) atoms. The number of benzene rings is 1. The van der Waals surface area contributed by atoms with Gasteiger partial charge in [0.2, 0.25) is 5.91 Å². The number of carbonyl (C=O) groups excluding carboxylic acids is 2. The third-order valence-electron chi connectivity index (χ3n) is 5.36. The molecule has 1 aromatic rings. The van der Waals surface area contributed by atoms with Gasteiger partial charge in [-0.1, -0.05) is 30.3 Å². The zero-order valence-corrected chi connectivity index (χ0v) is 15.1. The molecule has 0 radical (unpaired) electrons. The first-order valence-corrected chi connectivity index (χ1v) is 9.26. The lowest BCUT2D eigenvalue weighted by atomic mass is 9.91. The van der Waals surface area contributed by atoms with E-state index < -0.39 is 0 Å². The first-order chi connectivity index (χ1) is 12.0.